The molecule has 2 atom stereocenters. The second-order valence-corrected chi connectivity index (χ2v) is 12.9. The summed E-state index contributed by atoms with van der Waals surface area (Å²) in [6.45, 7) is 2.34. The first-order chi connectivity index (χ1) is 23.7. The molecule has 48 heavy (non-hydrogen) atoms. The third-order valence-corrected chi connectivity index (χ3v) is 10.1. The van der Waals surface area contributed by atoms with E-state index in [0.29, 0.717) is 0 Å². The molecule has 0 fully saturated rings. The predicted molar refractivity (Wildman–Crippen MR) is 202 cm³/mol. The lowest BCUT2D eigenvalue weighted by Gasteiger charge is -2.33. The minimum atomic E-state index is -0.416. The summed E-state index contributed by atoms with van der Waals surface area (Å²) in [6, 6.07) is 55.0. The monoisotopic (exact) mass is 617 g/mol. The second kappa shape index (κ2) is 11.4. The van der Waals surface area contributed by atoms with Crippen LogP contribution in [0.2, 0.25) is 0 Å². The maximum absolute atomic E-state index is 5.40. The Hall–Kier alpha value is -5.93. The molecule has 7 aromatic rings. The molecule has 230 valence electrons. The van der Waals surface area contributed by atoms with Gasteiger partial charge in [-0.05, 0) is 78.6 Å². The van der Waals surface area contributed by atoms with Crippen molar-refractivity contribution in [2.75, 3.05) is 4.90 Å². The lowest BCUT2D eigenvalue weighted by Crippen LogP contribution is -2.31. The van der Waals surface area contributed by atoms with Crippen molar-refractivity contribution in [3.63, 3.8) is 0 Å². The Kier molecular flexibility index (Phi) is 6.72. The Morgan fingerprint density at radius 3 is 2.12 bits per heavy atom. The van der Waals surface area contributed by atoms with Crippen molar-refractivity contribution in [3.8, 4) is 5.69 Å². The highest BCUT2D eigenvalue weighted by Crippen LogP contribution is 2.49. The third-order valence-electron chi connectivity index (χ3n) is 10.1. The van der Waals surface area contributed by atoms with Gasteiger partial charge in [0.15, 0.2) is 0 Å². The summed E-state index contributed by atoms with van der Waals surface area (Å²) in [7, 11) is 0. The van der Waals surface area contributed by atoms with Crippen LogP contribution in [0.25, 0.3) is 27.5 Å². The number of para-hydroxylation sites is 2. The van der Waals surface area contributed by atoms with Crippen LogP contribution in [0, 0.1) is 0 Å². The Morgan fingerprint density at radius 2 is 1.35 bits per heavy atom. The summed E-state index contributed by atoms with van der Waals surface area (Å²) in [5, 5.41) is 2.44. The van der Waals surface area contributed by atoms with Gasteiger partial charge in [0.2, 0.25) is 0 Å². The average molecular weight is 618 g/mol. The fraction of sp³-hybridized carbons (Fsp3) is 0.0889. The highest BCUT2D eigenvalue weighted by atomic mass is 15.2. The molecule has 1 aromatic heterocycles. The number of benzene rings is 6. The largest absolute Gasteiger partial charge is 0.334 e. The van der Waals surface area contributed by atoms with Crippen LogP contribution in [0.15, 0.2) is 181 Å². The van der Waals surface area contributed by atoms with E-state index in [4.69, 9.17) is 4.99 Å². The van der Waals surface area contributed by atoms with Crippen molar-refractivity contribution in [2.45, 2.75) is 24.8 Å². The Balaban J connectivity index is 1.27. The first-order valence-corrected chi connectivity index (χ1v) is 16.8. The predicted octanol–water partition coefficient (Wildman–Crippen LogP) is 11.2. The van der Waals surface area contributed by atoms with Gasteiger partial charge >= 0.3 is 0 Å². The zero-order chi connectivity index (χ0) is 32.1. The number of allylic oxidation sites excluding steroid dienone is 2. The standard InChI is InChI=1S/C45H35N3/c1-45(33-19-8-3-9-20-33)40-31-43-39(30-41(40)46-44(45)32-17-6-2-7-18-32)38-27-14-15-28-42(38)48(43)37-26-16-25-36(29-37)47(34-21-10-4-11-22-34)35-23-12-5-13-24-35/h2-23,25-31,35H,24H2,1H3. The van der Waals surface area contributed by atoms with Crippen molar-refractivity contribution in [1.29, 1.82) is 0 Å². The summed E-state index contributed by atoms with van der Waals surface area (Å²) in [5.41, 5.74) is 11.2. The van der Waals surface area contributed by atoms with Crippen molar-refractivity contribution < 1.29 is 0 Å². The van der Waals surface area contributed by atoms with Crippen molar-refractivity contribution in [3.05, 3.63) is 193 Å². The molecule has 2 heterocycles. The maximum atomic E-state index is 5.40. The molecule has 0 radical (unpaired) electrons. The van der Waals surface area contributed by atoms with E-state index in [9.17, 15) is 0 Å². The van der Waals surface area contributed by atoms with E-state index >= 15 is 0 Å². The molecule has 2 unspecified atom stereocenters. The summed E-state index contributed by atoms with van der Waals surface area (Å²) >= 11 is 0. The van der Waals surface area contributed by atoms with Crippen LogP contribution in [0.3, 0.4) is 0 Å². The van der Waals surface area contributed by atoms with Gasteiger partial charge in [-0.25, -0.2) is 0 Å². The van der Waals surface area contributed by atoms with Crippen LogP contribution in [0.5, 0.6) is 0 Å². The molecule has 1 aliphatic heterocycles. The molecule has 3 heteroatoms. The molecule has 2 aliphatic rings. The molecule has 0 saturated heterocycles. The zero-order valence-electron chi connectivity index (χ0n) is 26.9. The first kappa shape index (κ1) is 28.3. The number of hydrogen-bond acceptors (Lipinski definition) is 2. The third kappa shape index (κ3) is 4.46. The van der Waals surface area contributed by atoms with Gasteiger partial charge in [0.1, 0.15) is 0 Å². The summed E-state index contributed by atoms with van der Waals surface area (Å²) in [4.78, 5) is 7.86. The lowest BCUT2D eigenvalue weighted by molar-refractivity contribution is 0.784. The first-order valence-electron chi connectivity index (χ1n) is 16.8. The van der Waals surface area contributed by atoms with Crippen LogP contribution in [0.4, 0.5) is 17.1 Å². The normalized spacial score (nSPS) is 18.3. The van der Waals surface area contributed by atoms with Gasteiger partial charge in [-0.3, -0.25) is 4.99 Å². The van der Waals surface area contributed by atoms with Crippen LogP contribution in [-0.4, -0.2) is 16.3 Å². The molecule has 0 bridgehead atoms. The highest BCUT2D eigenvalue weighted by Gasteiger charge is 2.42. The van der Waals surface area contributed by atoms with E-state index in [-0.39, 0.29) is 6.04 Å². The lowest BCUT2D eigenvalue weighted by atomic mass is 9.71. The number of aromatic nitrogens is 1. The minimum Gasteiger partial charge on any atom is -0.334 e. The van der Waals surface area contributed by atoms with Gasteiger partial charge in [0, 0.05) is 27.8 Å². The molecule has 0 amide bonds. The van der Waals surface area contributed by atoms with Gasteiger partial charge in [0.25, 0.3) is 0 Å². The van der Waals surface area contributed by atoms with E-state index in [0.717, 1.165) is 29.1 Å². The number of rotatable bonds is 6. The van der Waals surface area contributed by atoms with Gasteiger partial charge in [0.05, 0.1) is 33.9 Å². The number of nitrogens with zero attached hydrogens (tertiary/aromatic N) is 3. The van der Waals surface area contributed by atoms with Crippen molar-refractivity contribution >= 4 is 44.6 Å². The number of anilines is 2. The molecular weight excluding hydrogens is 583 g/mol. The molecular formula is C45H35N3. The van der Waals surface area contributed by atoms with E-state index in [1.165, 1.54) is 44.3 Å². The van der Waals surface area contributed by atoms with Crippen LogP contribution < -0.4 is 4.90 Å². The Bertz CT molecular complexity index is 2380. The molecule has 1 aliphatic carbocycles. The number of aliphatic imine (C=N–C) groups is 1. The number of hydrogen-bond donors (Lipinski definition) is 0. The second-order valence-electron chi connectivity index (χ2n) is 12.9. The van der Waals surface area contributed by atoms with E-state index in [1.54, 1.807) is 0 Å². The molecule has 3 nitrogen and oxygen atoms in total. The van der Waals surface area contributed by atoms with Crippen LogP contribution in [0.1, 0.15) is 30.0 Å². The van der Waals surface area contributed by atoms with Crippen molar-refractivity contribution in [1.82, 2.24) is 4.57 Å². The topological polar surface area (TPSA) is 20.5 Å². The fourth-order valence-electron chi connectivity index (χ4n) is 7.81. The quantitative estimate of drug-likeness (QED) is 0.182. The highest BCUT2D eigenvalue weighted by molar-refractivity contribution is 6.17. The van der Waals surface area contributed by atoms with Crippen LogP contribution in [-0.2, 0) is 5.41 Å². The summed E-state index contributed by atoms with van der Waals surface area (Å²) < 4.78 is 2.44. The van der Waals surface area contributed by atoms with Gasteiger partial charge in [-0.1, -0.05) is 127 Å². The molecule has 0 spiro atoms. The van der Waals surface area contributed by atoms with Crippen LogP contribution >= 0.6 is 0 Å². The van der Waals surface area contributed by atoms with E-state index in [2.05, 4.69) is 192 Å². The van der Waals surface area contributed by atoms with E-state index in [1.807, 2.05) is 0 Å². The Labute approximate surface area is 281 Å². The molecule has 9 rings (SSSR count). The maximum Gasteiger partial charge on any atom is 0.0686 e. The summed E-state index contributed by atoms with van der Waals surface area (Å²) in [6.07, 6.45) is 9.82. The minimum absolute atomic E-state index is 0.231. The smallest absolute Gasteiger partial charge is 0.0686 e. The van der Waals surface area contributed by atoms with Gasteiger partial charge in [-0.2, -0.15) is 0 Å². The van der Waals surface area contributed by atoms with Crippen molar-refractivity contribution in [2.24, 2.45) is 4.99 Å². The molecule has 0 saturated carbocycles. The SMILES string of the molecule is CC1(c2ccccc2)C(c2ccccc2)=Nc2cc3c4ccccc4n(-c4cccc(N(c5ccccc5)C5C=CC=CC5)c4)c3cc21. The molecule has 0 N–H and O–H groups in total. The summed E-state index contributed by atoms with van der Waals surface area (Å²) in [5.74, 6) is 0. The van der Waals surface area contributed by atoms with Gasteiger partial charge < -0.3 is 9.47 Å². The zero-order valence-corrected chi connectivity index (χ0v) is 26.9. The fourth-order valence-corrected chi connectivity index (χ4v) is 7.81. The molecule has 6 aromatic carbocycles. The van der Waals surface area contributed by atoms with E-state index < -0.39 is 5.41 Å². The average Bonchev–Trinajstić information content (AvgIpc) is 3.64. The van der Waals surface area contributed by atoms with Gasteiger partial charge in [-0.15, -0.1) is 0 Å². The number of fused-ring (bicyclic) bond motifs is 4. The Morgan fingerprint density at radius 1 is 0.646 bits per heavy atom.